The summed E-state index contributed by atoms with van der Waals surface area (Å²) in [4.78, 5) is 19.0. The summed E-state index contributed by atoms with van der Waals surface area (Å²) in [6.07, 6.45) is 1.92. The lowest BCUT2D eigenvalue weighted by atomic mass is 9.71. The first kappa shape index (κ1) is 20.7. The number of rotatable bonds is 3. The van der Waals surface area contributed by atoms with Gasteiger partial charge in [-0.1, -0.05) is 17.7 Å². The SMILES string of the molecule is Cc1cc(C2NNC3CC4NC(=O)N(Cc5ccc(F)c(Cl)c5)CC4CC32)cc(C)n1. The molecule has 3 N–H and O–H groups in total. The van der Waals surface area contributed by atoms with E-state index in [4.69, 9.17) is 11.6 Å². The molecule has 3 aliphatic rings. The second-order valence-corrected chi connectivity index (χ2v) is 9.54. The van der Waals surface area contributed by atoms with Gasteiger partial charge in [0.15, 0.2) is 0 Å². The van der Waals surface area contributed by atoms with E-state index < -0.39 is 5.82 Å². The Morgan fingerprint density at radius 1 is 1.13 bits per heavy atom. The molecule has 5 atom stereocenters. The zero-order valence-corrected chi connectivity index (χ0v) is 18.4. The summed E-state index contributed by atoms with van der Waals surface area (Å²) in [6, 6.07) is 9.61. The lowest BCUT2D eigenvalue weighted by Gasteiger charge is -2.45. The Balaban J connectivity index is 1.32. The average Bonchev–Trinajstić information content (AvgIpc) is 3.12. The van der Waals surface area contributed by atoms with Crippen LogP contribution in [0.3, 0.4) is 0 Å². The average molecular weight is 444 g/mol. The Morgan fingerprint density at radius 3 is 2.65 bits per heavy atom. The number of hydrazine groups is 1. The van der Waals surface area contributed by atoms with Gasteiger partial charge < -0.3 is 10.2 Å². The fourth-order valence-corrected chi connectivity index (χ4v) is 5.73. The van der Waals surface area contributed by atoms with Crippen molar-refractivity contribution in [3.63, 3.8) is 0 Å². The van der Waals surface area contributed by atoms with Crippen LogP contribution in [0, 0.1) is 31.5 Å². The van der Waals surface area contributed by atoms with Gasteiger partial charge in [0.25, 0.3) is 0 Å². The molecule has 1 saturated carbocycles. The highest BCUT2D eigenvalue weighted by atomic mass is 35.5. The molecule has 5 rings (SSSR count). The third kappa shape index (κ3) is 4.02. The number of aryl methyl sites for hydroxylation is 2. The summed E-state index contributed by atoms with van der Waals surface area (Å²) in [6.45, 7) is 5.18. The van der Waals surface area contributed by atoms with Crippen LogP contribution in [0.2, 0.25) is 5.02 Å². The molecule has 1 aliphatic carbocycles. The summed E-state index contributed by atoms with van der Waals surface area (Å²) in [5.41, 5.74) is 11.1. The fourth-order valence-electron chi connectivity index (χ4n) is 5.52. The third-order valence-electron chi connectivity index (χ3n) is 6.89. The number of aromatic nitrogens is 1. The highest BCUT2D eigenvalue weighted by Crippen LogP contribution is 2.42. The number of nitrogens with zero attached hydrogens (tertiary/aromatic N) is 2. The summed E-state index contributed by atoms with van der Waals surface area (Å²) in [5.74, 6) is 0.364. The van der Waals surface area contributed by atoms with Gasteiger partial charge >= 0.3 is 6.03 Å². The van der Waals surface area contributed by atoms with Crippen LogP contribution in [0.5, 0.6) is 0 Å². The number of fused-ring (bicyclic) bond motifs is 2. The molecule has 2 saturated heterocycles. The van der Waals surface area contributed by atoms with E-state index in [0.29, 0.717) is 31.0 Å². The molecule has 3 heterocycles. The molecule has 8 heteroatoms. The zero-order chi connectivity index (χ0) is 21.7. The molecule has 5 unspecified atom stereocenters. The third-order valence-corrected chi connectivity index (χ3v) is 7.18. The van der Waals surface area contributed by atoms with E-state index in [-0.39, 0.29) is 23.1 Å². The number of hydrogen-bond donors (Lipinski definition) is 3. The van der Waals surface area contributed by atoms with E-state index in [1.54, 1.807) is 12.1 Å². The molecule has 2 aliphatic heterocycles. The normalized spacial score (nSPS) is 30.0. The number of halogens is 2. The Morgan fingerprint density at radius 2 is 1.90 bits per heavy atom. The van der Waals surface area contributed by atoms with Crippen molar-refractivity contribution < 1.29 is 9.18 Å². The van der Waals surface area contributed by atoms with Gasteiger partial charge in [-0.05, 0) is 73.9 Å². The molecule has 1 aromatic carbocycles. The molecule has 1 aromatic heterocycles. The number of nitrogens with one attached hydrogen (secondary N) is 3. The van der Waals surface area contributed by atoms with E-state index in [0.717, 1.165) is 29.8 Å². The number of carbonyl (C=O) groups is 1. The molecule has 2 aromatic rings. The first-order chi connectivity index (χ1) is 14.9. The van der Waals surface area contributed by atoms with Gasteiger partial charge in [-0.3, -0.25) is 10.4 Å². The molecule has 31 heavy (non-hydrogen) atoms. The smallest absolute Gasteiger partial charge is 0.317 e. The van der Waals surface area contributed by atoms with Crippen LogP contribution < -0.4 is 16.2 Å². The van der Waals surface area contributed by atoms with Crippen molar-refractivity contribution in [3.05, 3.63) is 63.7 Å². The van der Waals surface area contributed by atoms with Crippen molar-refractivity contribution in [2.45, 2.75) is 51.4 Å². The van der Waals surface area contributed by atoms with Crippen molar-refractivity contribution in [3.8, 4) is 0 Å². The summed E-state index contributed by atoms with van der Waals surface area (Å²) >= 11 is 5.92. The standard InChI is InChI=1S/C23H27ClFN5O/c1-12-5-15(6-13(2)26-12)22-17-8-16-11-30(10-14-3-4-19(25)18(24)7-14)23(31)27-20(16)9-21(17)28-29-22/h3-7,16-17,20-22,28-29H,8-11H2,1-2H3,(H,27,31). The van der Waals surface area contributed by atoms with Crippen molar-refractivity contribution in [1.29, 1.82) is 0 Å². The Bertz CT molecular complexity index is 997. The van der Waals surface area contributed by atoms with E-state index in [2.05, 4.69) is 33.3 Å². The highest BCUT2D eigenvalue weighted by molar-refractivity contribution is 6.30. The Labute approximate surface area is 186 Å². The zero-order valence-electron chi connectivity index (χ0n) is 17.7. The lowest BCUT2D eigenvalue weighted by Crippen LogP contribution is -2.60. The predicted octanol–water partition coefficient (Wildman–Crippen LogP) is 3.63. The molecular weight excluding hydrogens is 417 g/mol. The van der Waals surface area contributed by atoms with Crippen LogP contribution in [-0.4, -0.2) is 34.5 Å². The molecule has 3 fully saturated rings. The molecule has 0 bridgehead atoms. The van der Waals surface area contributed by atoms with Crippen LogP contribution in [0.15, 0.2) is 30.3 Å². The Kier molecular flexibility index (Phi) is 5.36. The van der Waals surface area contributed by atoms with Gasteiger partial charge in [-0.15, -0.1) is 0 Å². The van der Waals surface area contributed by atoms with Crippen molar-refractivity contribution in [2.75, 3.05) is 6.54 Å². The molecule has 0 spiro atoms. The number of carbonyl (C=O) groups excluding carboxylic acids is 1. The largest absolute Gasteiger partial charge is 0.335 e. The lowest BCUT2D eigenvalue weighted by molar-refractivity contribution is 0.0961. The van der Waals surface area contributed by atoms with Crippen LogP contribution in [0.1, 0.15) is 41.4 Å². The highest BCUT2D eigenvalue weighted by Gasteiger charge is 2.47. The molecule has 0 radical (unpaired) electrons. The second-order valence-electron chi connectivity index (χ2n) is 9.14. The van der Waals surface area contributed by atoms with Gasteiger partial charge in [0.1, 0.15) is 5.82 Å². The van der Waals surface area contributed by atoms with Crippen molar-refractivity contribution >= 4 is 17.6 Å². The maximum absolute atomic E-state index is 13.5. The molecule has 2 amide bonds. The minimum atomic E-state index is -0.444. The van der Waals surface area contributed by atoms with Gasteiger partial charge in [0.05, 0.1) is 11.1 Å². The number of urea groups is 1. The number of benzene rings is 1. The minimum absolute atomic E-state index is 0.0666. The second kappa shape index (κ2) is 8.04. The first-order valence-corrected chi connectivity index (χ1v) is 11.2. The molecule has 6 nitrogen and oxygen atoms in total. The van der Waals surface area contributed by atoms with Crippen molar-refractivity contribution in [1.82, 2.24) is 26.1 Å². The predicted molar refractivity (Wildman–Crippen MR) is 117 cm³/mol. The summed E-state index contributed by atoms with van der Waals surface area (Å²) in [5, 5.41) is 3.29. The topological polar surface area (TPSA) is 69.3 Å². The van der Waals surface area contributed by atoms with E-state index >= 15 is 0 Å². The first-order valence-electron chi connectivity index (χ1n) is 10.8. The monoisotopic (exact) mass is 443 g/mol. The van der Waals surface area contributed by atoms with Gasteiger partial charge in [-0.25, -0.2) is 14.6 Å². The van der Waals surface area contributed by atoms with Crippen LogP contribution in [-0.2, 0) is 6.54 Å². The molecule has 164 valence electrons. The maximum atomic E-state index is 13.5. The minimum Gasteiger partial charge on any atom is -0.335 e. The Hall–Kier alpha value is -2.22. The van der Waals surface area contributed by atoms with Gasteiger partial charge in [0.2, 0.25) is 0 Å². The van der Waals surface area contributed by atoms with E-state index in [1.165, 1.54) is 11.6 Å². The van der Waals surface area contributed by atoms with E-state index in [1.807, 2.05) is 18.7 Å². The maximum Gasteiger partial charge on any atom is 0.317 e. The van der Waals surface area contributed by atoms with Crippen LogP contribution >= 0.6 is 11.6 Å². The summed E-state index contributed by atoms with van der Waals surface area (Å²) in [7, 11) is 0. The quantitative estimate of drug-likeness (QED) is 0.677. The van der Waals surface area contributed by atoms with Crippen molar-refractivity contribution in [2.24, 2.45) is 11.8 Å². The fraction of sp³-hybridized carbons (Fsp3) is 0.478. The van der Waals surface area contributed by atoms with Crippen LogP contribution in [0.4, 0.5) is 9.18 Å². The number of hydrogen-bond acceptors (Lipinski definition) is 4. The van der Waals surface area contributed by atoms with E-state index in [9.17, 15) is 9.18 Å². The van der Waals surface area contributed by atoms with Crippen LogP contribution in [0.25, 0.3) is 0 Å². The van der Waals surface area contributed by atoms with Gasteiger partial charge in [0, 0.05) is 36.6 Å². The van der Waals surface area contributed by atoms with Gasteiger partial charge in [-0.2, -0.15) is 0 Å². The number of amides is 2. The number of pyridine rings is 1. The summed E-state index contributed by atoms with van der Waals surface area (Å²) < 4.78 is 13.5. The molecular formula is C23H27ClFN5O.